The first-order valence-corrected chi connectivity index (χ1v) is 36.5. The molecule has 0 aromatic heterocycles. The number of rotatable bonds is 56. The lowest BCUT2D eigenvalue weighted by molar-refractivity contribution is -0.379. The molecule has 0 saturated carbocycles. The first-order chi connectivity index (χ1) is 44.8. The van der Waals surface area contributed by atoms with E-state index in [0.717, 1.165) is 70.6 Å². The van der Waals surface area contributed by atoms with Crippen molar-refractivity contribution in [3.8, 4) is 0 Å². The molecule has 0 spiro atoms. The highest BCUT2D eigenvalue weighted by Crippen LogP contribution is 2.33. The lowest BCUT2D eigenvalue weighted by atomic mass is 9.96. The standard InChI is InChI=1S/C73H131NO18/c1-3-5-7-9-11-13-15-17-19-21-22-23-24-25-26-27-28-29-30-31-32-33-34-35-37-39-41-43-45-47-49-51-61(79)74-56(57(78)50-48-46-44-42-40-38-36-20-18-16-14-12-10-8-6-4-2)55-87-71-67(85)64(82)69(59(53-76)89-71)92-73-68(86)65(83)70(60(54-77)90-73)91-72-66(84)63(81)62(80)58(52-75)88-72/h5,7,11,13,17,19,22-23,48,50,56-60,62-73,75-78,80-86H,3-4,6,8-10,12,14-16,18,20-21,24-47,49,51-55H2,1-2H3,(H,74,79)/b7-5-,13-11-,19-17-,23-22-,50-48+. The largest absolute Gasteiger partial charge is 0.394 e. The summed E-state index contributed by atoms with van der Waals surface area (Å²) < 4.78 is 34.4. The summed E-state index contributed by atoms with van der Waals surface area (Å²) in [6.07, 6.45) is 40.6. The van der Waals surface area contributed by atoms with Crippen LogP contribution in [0.15, 0.2) is 60.8 Å². The zero-order chi connectivity index (χ0) is 66.8. The highest BCUT2D eigenvalue weighted by Gasteiger charge is 2.53. The summed E-state index contributed by atoms with van der Waals surface area (Å²) in [7, 11) is 0. The van der Waals surface area contributed by atoms with Crippen LogP contribution >= 0.6 is 0 Å². The van der Waals surface area contributed by atoms with Crippen molar-refractivity contribution in [3.63, 3.8) is 0 Å². The van der Waals surface area contributed by atoms with Crippen LogP contribution in [-0.4, -0.2) is 193 Å². The highest BCUT2D eigenvalue weighted by molar-refractivity contribution is 5.76. The van der Waals surface area contributed by atoms with Gasteiger partial charge in [-0.25, -0.2) is 0 Å². The van der Waals surface area contributed by atoms with E-state index in [4.69, 9.17) is 28.4 Å². The SMILES string of the molecule is CC/C=C\C/C=C\C/C=C\C/C=C\CCCCCCCCCCCCCCCCCCCCC(=O)NC(COC1OC(CO)C(OC2OC(CO)C(OC3OC(CO)C(O)C(O)C3O)C(O)C2O)C(O)C1O)C(O)/C=C/CCCCCCCCCCCCCCCC. The minimum Gasteiger partial charge on any atom is -0.394 e. The zero-order valence-corrected chi connectivity index (χ0v) is 56.8. The first kappa shape index (κ1) is 83.7. The Morgan fingerprint density at radius 2 is 0.750 bits per heavy atom. The number of allylic oxidation sites excluding steroid dienone is 9. The smallest absolute Gasteiger partial charge is 0.220 e. The number of aliphatic hydroxyl groups excluding tert-OH is 11. The summed E-state index contributed by atoms with van der Waals surface area (Å²) in [6, 6.07) is -0.974. The summed E-state index contributed by atoms with van der Waals surface area (Å²) >= 11 is 0. The number of hydrogen-bond acceptors (Lipinski definition) is 18. The fourth-order valence-electron chi connectivity index (χ4n) is 12.2. The molecule has 0 aliphatic carbocycles. The average Bonchev–Trinajstić information content (AvgIpc) is 0.834. The lowest BCUT2D eigenvalue weighted by Crippen LogP contribution is -2.66. The summed E-state index contributed by atoms with van der Waals surface area (Å²) in [4.78, 5) is 13.4. The molecule has 17 atom stereocenters. The second-order valence-electron chi connectivity index (χ2n) is 26.0. The summed E-state index contributed by atoms with van der Waals surface area (Å²) in [5.41, 5.74) is 0. The van der Waals surface area contributed by atoms with Crippen LogP contribution in [-0.2, 0) is 33.2 Å². The highest BCUT2D eigenvalue weighted by atomic mass is 16.8. The number of ether oxygens (including phenoxy) is 6. The van der Waals surface area contributed by atoms with Gasteiger partial charge in [0.1, 0.15) is 73.2 Å². The van der Waals surface area contributed by atoms with Gasteiger partial charge in [0.05, 0.1) is 38.6 Å². The molecule has 12 N–H and O–H groups in total. The maximum atomic E-state index is 13.4. The average molecular weight is 1310 g/mol. The number of hydrogen-bond donors (Lipinski definition) is 12. The number of unbranched alkanes of at least 4 members (excludes halogenated alkanes) is 32. The maximum Gasteiger partial charge on any atom is 0.220 e. The minimum absolute atomic E-state index is 0.244. The Morgan fingerprint density at radius 1 is 0.402 bits per heavy atom. The Balaban J connectivity index is 1.38. The Hall–Kier alpha value is -2.51. The van der Waals surface area contributed by atoms with Gasteiger partial charge < -0.3 is 89.9 Å². The molecule has 0 aromatic carbocycles. The molecule has 3 aliphatic rings. The van der Waals surface area contributed by atoms with Crippen LogP contribution < -0.4 is 5.32 Å². The van der Waals surface area contributed by atoms with Crippen molar-refractivity contribution in [2.24, 2.45) is 0 Å². The van der Waals surface area contributed by atoms with Gasteiger partial charge in [0.15, 0.2) is 18.9 Å². The molecule has 0 aromatic rings. The van der Waals surface area contributed by atoms with E-state index in [1.165, 1.54) is 167 Å². The maximum absolute atomic E-state index is 13.4. The summed E-state index contributed by atoms with van der Waals surface area (Å²) in [6.45, 7) is 1.64. The van der Waals surface area contributed by atoms with Gasteiger partial charge in [0, 0.05) is 6.42 Å². The second-order valence-corrected chi connectivity index (χ2v) is 26.0. The quantitative estimate of drug-likeness (QED) is 0.0199. The van der Waals surface area contributed by atoms with E-state index in [-0.39, 0.29) is 18.9 Å². The van der Waals surface area contributed by atoms with Gasteiger partial charge in [-0.05, 0) is 57.8 Å². The predicted octanol–water partition coefficient (Wildman–Crippen LogP) is 10.3. The van der Waals surface area contributed by atoms with Gasteiger partial charge in [-0.15, -0.1) is 0 Å². The van der Waals surface area contributed by atoms with Crippen molar-refractivity contribution in [3.05, 3.63) is 60.8 Å². The van der Waals surface area contributed by atoms with E-state index in [0.29, 0.717) is 6.42 Å². The van der Waals surface area contributed by atoms with Gasteiger partial charge >= 0.3 is 0 Å². The normalized spacial score (nSPS) is 28.0. The fourth-order valence-corrected chi connectivity index (χ4v) is 12.2. The molecule has 1 amide bonds. The zero-order valence-electron chi connectivity index (χ0n) is 56.8. The van der Waals surface area contributed by atoms with E-state index in [9.17, 15) is 61.0 Å². The van der Waals surface area contributed by atoms with E-state index >= 15 is 0 Å². The van der Waals surface area contributed by atoms with E-state index in [1.807, 2.05) is 6.08 Å². The number of aliphatic hydroxyl groups is 11. The Morgan fingerprint density at radius 3 is 1.17 bits per heavy atom. The third kappa shape index (κ3) is 35.7. The van der Waals surface area contributed by atoms with Crippen molar-refractivity contribution in [1.82, 2.24) is 5.32 Å². The topological polar surface area (TPSA) is 307 Å². The molecule has 3 aliphatic heterocycles. The van der Waals surface area contributed by atoms with Crippen LogP contribution in [0.5, 0.6) is 0 Å². The molecule has 0 radical (unpaired) electrons. The van der Waals surface area contributed by atoms with Crippen LogP contribution in [0.4, 0.5) is 0 Å². The van der Waals surface area contributed by atoms with E-state index in [2.05, 4.69) is 67.8 Å². The third-order valence-electron chi connectivity index (χ3n) is 18.1. The van der Waals surface area contributed by atoms with Crippen LogP contribution in [0.1, 0.15) is 264 Å². The first-order valence-electron chi connectivity index (χ1n) is 36.5. The molecule has 3 heterocycles. The van der Waals surface area contributed by atoms with Gasteiger partial charge in [-0.3, -0.25) is 4.79 Å². The molecule has 19 heteroatoms. The van der Waals surface area contributed by atoms with Crippen molar-refractivity contribution in [2.75, 3.05) is 26.4 Å². The van der Waals surface area contributed by atoms with Crippen molar-refractivity contribution in [2.45, 2.75) is 369 Å². The van der Waals surface area contributed by atoms with Crippen molar-refractivity contribution in [1.29, 1.82) is 0 Å². The lowest BCUT2D eigenvalue weighted by Gasteiger charge is -2.48. The molecule has 536 valence electrons. The van der Waals surface area contributed by atoms with Gasteiger partial charge in [0.2, 0.25) is 5.91 Å². The van der Waals surface area contributed by atoms with Gasteiger partial charge in [-0.1, -0.05) is 261 Å². The molecule has 0 bridgehead atoms. The second kappa shape index (κ2) is 54.5. The van der Waals surface area contributed by atoms with Crippen LogP contribution in [0, 0.1) is 0 Å². The third-order valence-corrected chi connectivity index (χ3v) is 18.1. The Labute approximate surface area is 554 Å². The summed E-state index contributed by atoms with van der Waals surface area (Å²) in [5, 5.41) is 121. The minimum atomic E-state index is -1.98. The number of carbonyl (C=O) groups excluding carboxylic acids is 1. The molecule has 17 unspecified atom stereocenters. The number of amides is 1. The number of carbonyl (C=O) groups is 1. The van der Waals surface area contributed by atoms with Crippen LogP contribution in [0.25, 0.3) is 0 Å². The van der Waals surface area contributed by atoms with Gasteiger partial charge in [-0.2, -0.15) is 0 Å². The molecular weight excluding hydrogens is 1180 g/mol. The van der Waals surface area contributed by atoms with Crippen LogP contribution in [0.3, 0.4) is 0 Å². The van der Waals surface area contributed by atoms with E-state index in [1.54, 1.807) is 6.08 Å². The van der Waals surface area contributed by atoms with E-state index < -0.39 is 124 Å². The van der Waals surface area contributed by atoms with Crippen molar-refractivity contribution >= 4 is 5.91 Å². The molecule has 92 heavy (non-hydrogen) atoms. The fraction of sp³-hybridized carbons (Fsp3) is 0.849. The molecule has 19 nitrogen and oxygen atoms in total. The van der Waals surface area contributed by atoms with Crippen molar-refractivity contribution < 1.29 is 89.4 Å². The number of nitrogens with one attached hydrogen (secondary N) is 1. The monoisotopic (exact) mass is 1310 g/mol. The van der Waals surface area contributed by atoms with Gasteiger partial charge in [0.25, 0.3) is 0 Å². The molecule has 3 rings (SSSR count). The molecule has 3 saturated heterocycles. The predicted molar refractivity (Wildman–Crippen MR) is 360 cm³/mol. The Kier molecular flexibility index (Phi) is 49.6. The van der Waals surface area contributed by atoms with Crippen LogP contribution in [0.2, 0.25) is 0 Å². The molecule has 3 fully saturated rings. The summed E-state index contributed by atoms with van der Waals surface area (Å²) in [5.74, 6) is -0.274. The Bertz CT molecular complexity index is 1900. The molecular formula is C73H131NO18.